The van der Waals surface area contributed by atoms with Gasteiger partial charge in [0.2, 0.25) is 0 Å². The van der Waals surface area contributed by atoms with Gasteiger partial charge in [-0.05, 0) is 51.4 Å². The van der Waals surface area contributed by atoms with Gasteiger partial charge in [-0.2, -0.15) is 0 Å². The van der Waals surface area contributed by atoms with Gasteiger partial charge in [0, 0.05) is 30.9 Å². The summed E-state index contributed by atoms with van der Waals surface area (Å²) < 4.78 is 5.98. The monoisotopic (exact) mass is 359 g/mol. The molecule has 0 unspecified atom stereocenters. The highest BCUT2D eigenvalue weighted by Crippen LogP contribution is 2.17. The highest BCUT2D eigenvalue weighted by atomic mass is 16.5. The van der Waals surface area contributed by atoms with Gasteiger partial charge in [-0.15, -0.1) is 0 Å². The van der Waals surface area contributed by atoms with E-state index in [0.29, 0.717) is 24.3 Å². The van der Waals surface area contributed by atoms with Crippen LogP contribution in [0.15, 0.2) is 24.3 Å². The molecule has 3 rings (SSSR count). The molecule has 1 atom stereocenters. The molecule has 1 N–H and O–H groups in total. The fourth-order valence-electron chi connectivity index (χ4n) is 3.60. The lowest BCUT2D eigenvalue weighted by Crippen LogP contribution is -2.35. The third kappa shape index (κ3) is 5.29. The maximum Gasteiger partial charge on any atom is 0.321 e. The van der Waals surface area contributed by atoms with Gasteiger partial charge in [0.05, 0.1) is 12.7 Å². The maximum atomic E-state index is 12.4. The number of amides is 2. The molecule has 0 spiro atoms. The number of Topliss-reactive ketones (excluding diaryl/α,β-unsaturated/α-hetero) is 1. The number of ketones is 1. The van der Waals surface area contributed by atoms with Crippen molar-refractivity contribution < 1.29 is 14.3 Å². The van der Waals surface area contributed by atoms with Crippen LogP contribution in [0.1, 0.15) is 43.0 Å². The maximum absolute atomic E-state index is 12.4. The number of hydrogen-bond donors (Lipinski definition) is 1. The number of carbonyl (C=O) groups is 2. The minimum absolute atomic E-state index is 0.00978. The summed E-state index contributed by atoms with van der Waals surface area (Å²) in [6, 6.07) is 6.91. The number of urea groups is 1. The van der Waals surface area contributed by atoms with E-state index in [0.717, 1.165) is 19.6 Å². The minimum Gasteiger partial charge on any atom is -0.375 e. The molecule has 2 aliphatic heterocycles. The number of hydrogen-bond acceptors (Lipinski definition) is 4. The van der Waals surface area contributed by atoms with Crippen LogP contribution in [0.5, 0.6) is 0 Å². The molecule has 0 bridgehead atoms. The van der Waals surface area contributed by atoms with Gasteiger partial charge in [-0.3, -0.25) is 4.79 Å². The van der Waals surface area contributed by atoms with Crippen molar-refractivity contribution in [1.82, 2.24) is 9.80 Å². The molecule has 6 heteroatoms. The largest absolute Gasteiger partial charge is 0.375 e. The smallest absolute Gasteiger partial charge is 0.321 e. The van der Waals surface area contributed by atoms with E-state index in [-0.39, 0.29) is 17.9 Å². The third-order valence-electron chi connectivity index (χ3n) is 5.16. The molecule has 6 nitrogen and oxygen atoms in total. The van der Waals surface area contributed by atoms with Gasteiger partial charge in [0.25, 0.3) is 0 Å². The molecule has 0 aromatic heterocycles. The number of nitrogens with one attached hydrogen (secondary N) is 1. The number of ether oxygens (including phenoxy) is 1. The zero-order chi connectivity index (χ0) is 18.4. The van der Waals surface area contributed by atoms with Crippen LogP contribution in [0.2, 0.25) is 0 Å². The van der Waals surface area contributed by atoms with Crippen molar-refractivity contribution in [3.8, 4) is 0 Å². The SMILES string of the molecule is CC(=O)c1cccc(NC(=O)N2CC[C@H](OCCN3CCCCC3)C2)c1. The molecule has 26 heavy (non-hydrogen) atoms. The van der Waals surface area contributed by atoms with Crippen LogP contribution >= 0.6 is 0 Å². The van der Waals surface area contributed by atoms with E-state index in [4.69, 9.17) is 4.74 Å². The van der Waals surface area contributed by atoms with Crippen LogP contribution in [0.4, 0.5) is 10.5 Å². The van der Waals surface area contributed by atoms with Crippen molar-refractivity contribution in [3.05, 3.63) is 29.8 Å². The molecule has 1 aromatic carbocycles. The molecule has 2 saturated heterocycles. The molecule has 0 radical (unpaired) electrons. The first-order chi connectivity index (χ1) is 12.6. The van der Waals surface area contributed by atoms with Gasteiger partial charge < -0.3 is 19.9 Å². The third-order valence-corrected chi connectivity index (χ3v) is 5.16. The average molecular weight is 359 g/mol. The summed E-state index contributed by atoms with van der Waals surface area (Å²) in [6.07, 6.45) is 4.93. The molecule has 2 amide bonds. The van der Waals surface area contributed by atoms with Crippen molar-refractivity contribution in [2.45, 2.75) is 38.7 Å². The number of rotatable bonds is 6. The fourth-order valence-corrected chi connectivity index (χ4v) is 3.60. The summed E-state index contributed by atoms with van der Waals surface area (Å²) in [5.74, 6) is -0.00978. The average Bonchev–Trinajstić information content (AvgIpc) is 3.12. The standard InChI is InChI=1S/C20H29N3O3/c1-16(24)17-6-5-7-18(14-17)21-20(25)23-11-8-19(15-23)26-13-12-22-9-3-2-4-10-22/h5-7,14,19H,2-4,8-13,15H2,1H3,(H,21,25)/t19-/m0/s1. The van der Waals surface area contributed by atoms with E-state index in [1.165, 1.54) is 39.3 Å². The Morgan fingerprint density at radius 1 is 1.19 bits per heavy atom. The second kappa shape index (κ2) is 9.14. The summed E-state index contributed by atoms with van der Waals surface area (Å²) >= 11 is 0. The topological polar surface area (TPSA) is 61.9 Å². The van der Waals surface area contributed by atoms with Crippen LogP contribution < -0.4 is 5.32 Å². The van der Waals surface area contributed by atoms with Crippen LogP contribution in [0.3, 0.4) is 0 Å². The first-order valence-electron chi connectivity index (χ1n) is 9.63. The summed E-state index contributed by atoms with van der Waals surface area (Å²) in [5.41, 5.74) is 1.25. The molecule has 2 aliphatic rings. The van der Waals surface area contributed by atoms with Crippen LogP contribution in [-0.4, -0.2) is 67.0 Å². The first kappa shape index (κ1) is 18.9. The van der Waals surface area contributed by atoms with E-state index in [2.05, 4.69) is 10.2 Å². The molecular weight excluding hydrogens is 330 g/mol. The zero-order valence-electron chi connectivity index (χ0n) is 15.6. The number of benzene rings is 1. The zero-order valence-corrected chi connectivity index (χ0v) is 15.6. The highest BCUT2D eigenvalue weighted by molar-refractivity contribution is 5.96. The second-order valence-corrected chi connectivity index (χ2v) is 7.20. The van der Waals surface area contributed by atoms with E-state index >= 15 is 0 Å². The van der Waals surface area contributed by atoms with Crippen molar-refractivity contribution in [1.29, 1.82) is 0 Å². The Hall–Kier alpha value is -1.92. The Morgan fingerprint density at radius 2 is 2.00 bits per heavy atom. The van der Waals surface area contributed by atoms with Gasteiger partial charge in [-0.1, -0.05) is 18.6 Å². The normalized spacial score (nSPS) is 21.0. The Morgan fingerprint density at radius 3 is 2.77 bits per heavy atom. The lowest BCUT2D eigenvalue weighted by molar-refractivity contribution is 0.0416. The van der Waals surface area contributed by atoms with E-state index < -0.39 is 0 Å². The van der Waals surface area contributed by atoms with Gasteiger partial charge in [0.15, 0.2) is 5.78 Å². The molecule has 2 fully saturated rings. The van der Waals surface area contributed by atoms with Gasteiger partial charge in [-0.25, -0.2) is 4.79 Å². The van der Waals surface area contributed by atoms with Crippen molar-refractivity contribution in [2.24, 2.45) is 0 Å². The summed E-state index contributed by atoms with van der Waals surface area (Å²) in [6.45, 7) is 6.93. The Bertz CT molecular complexity index is 628. The second-order valence-electron chi connectivity index (χ2n) is 7.20. The van der Waals surface area contributed by atoms with Crippen molar-refractivity contribution in [3.63, 3.8) is 0 Å². The first-order valence-corrected chi connectivity index (χ1v) is 9.63. The van der Waals surface area contributed by atoms with Crippen LogP contribution in [-0.2, 0) is 4.74 Å². The van der Waals surface area contributed by atoms with Crippen molar-refractivity contribution in [2.75, 3.05) is 44.6 Å². The summed E-state index contributed by atoms with van der Waals surface area (Å²) in [7, 11) is 0. The fraction of sp³-hybridized carbons (Fsp3) is 0.600. The van der Waals surface area contributed by atoms with E-state index in [1.807, 2.05) is 0 Å². The minimum atomic E-state index is -0.132. The molecule has 0 saturated carbocycles. The lowest BCUT2D eigenvalue weighted by atomic mass is 10.1. The number of anilines is 1. The summed E-state index contributed by atoms with van der Waals surface area (Å²) in [4.78, 5) is 28.1. The molecule has 142 valence electrons. The predicted molar refractivity (Wildman–Crippen MR) is 102 cm³/mol. The van der Waals surface area contributed by atoms with Crippen molar-refractivity contribution >= 4 is 17.5 Å². The Kier molecular flexibility index (Phi) is 6.63. The molecular formula is C20H29N3O3. The predicted octanol–water partition coefficient (Wildman–Crippen LogP) is 3.00. The number of piperidine rings is 1. The van der Waals surface area contributed by atoms with E-state index in [1.54, 1.807) is 29.2 Å². The van der Waals surface area contributed by atoms with Crippen LogP contribution in [0, 0.1) is 0 Å². The summed E-state index contributed by atoms with van der Waals surface area (Å²) in [5, 5.41) is 2.88. The Labute approximate surface area is 155 Å². The number of carbonyl (C=O) groups excluding carboxylic acids is 2. The van der Waals surface area contributed by atoms with Gasteiger partial charge in [0.1, 0.15) is 0 Å². The molecule has 1 aromatic rings. The van der Waals surface area contributed by atoms with Gasteiger partial charge >= 0.3 is 6.03 Å². The highest BCUT2D eigenvalue weighted by Gasteiger charge is 2.27. The van der Waals surface area contributed by atoms with Crippen LogP contribution in [0.25, 0.3) is 0 Å². The number of nitrogens with zero attached hydrogens (tertiary/aromatic N) is 2. The molecule has 0 aliphatic carbocycles. The Balaban J connectivity index is 1.41. The number of likely N-dealkylation sites (tertiary alicyclic amines) is 2. The van der Waals surface area contributed by atoms with E-state index in [9.17, 15) is 9.59 Å². The lowest BCUT2D eigenvalue weighted by Gasteiger charge is -2.26. The quantitative estimate of drug-likeness (QED) is 0.793. The molecule has 2 heterocycles.